The molecule has 0 spiro atoms. The Kier molecular flexibility index (Phi) is 2.48. The highest BCUT2D eigenvalue weighted by atomic mass is 16.7. The largest absolute Gasteiger partial charge is 0.340 e. The summed E-state index contributed by atoms with van der Waals surface area (Å²) >= 11 is 0. The minimum Gasteiger partial charge on any atom is -0.340 e. The molecule has 5 rings (SSSR count). The lowest BCUT2D eigenvalue weighted by molar-refractivity contribution is -0.297. The summed E-state index contributed by atoms with van der Waals surface area (Å²) < 4.78 is 14.8. The van der Waals surface area contributed by atoms with Crippen molar-refractivity contribution in [3.05, 3.63) is 66.0 Å². The third kappa shape index (κ3) is 1.56. The number of hydrogen-bond acceptors (Lipinski definition) is 3. The normalized spacial score (nSPS) is 26.8. The molecule has 0 saturated carbocycles. The first-order valence-electron chi connectivity index (χ1n) is 7.70. The van der Waals surface area contributed by atoms with Crippen LogP contribution in [0.2, 0.25) is 0 Å². The van der Waals surface area contributed by atoms with Crippen molar-refractivity contribution in [2.75, 3.05) is 6.61 Å². The van der Waals surface area contributed by atoms with Gasteiger partial charge in [0.25, 0.3) is 5.79 Å². The molecule has 0 radical (unpaired) electrons. The maximum absolute atomic E-state index is 6.35. The molecule has 1 fully saturated rings. The van der Waals surface area contributed by atoms with Gasteiger partial charge in [-0.25, -0.2) is 4.98 Å². The topological polar surface area (TPSA) is 36.3 Å². The number of rotatable bonds is 1. The van der Waals surface area contributed by atoms with Crippen LogP contribution >= 0.6 is 0 Å². The summed E-state index contributed by atoms with van der Waals surface area (Å²) in [4.78, 5) is 4.84. The van der Waals surface area contributed by atoms with Gasteiger partial charge in [-0.1, -0.05) is 42.5 Å². The molecule has 4 heteroatoms. The molecule has 2 aromatic carbocycles. The Bertz CT molecular complexity index is 843. The summed E-state index contributed by atoms with van der Waals surface area (Å²) in [7, 11) is 0. The molecule has 1 saturated heterocycles. The van der Waals surface area contributed by atoms with E-state index >= 15 is 0 Å². The molecule has 22 heavy (non-hydrogen) atoms. The Labute approximate surface area is 128 Å². The highest BCUT2D eigenvalue weighted by molar-refractivity contribution is 5.76. The van der Waals surface area contributed by atoms with E-state index in [1.165, 1.54) is 0 Å². The summed E-state index contributed by atoms with van der Waals surface area (Å²) in [6.07, 6.45) is 1.08. The van der Waals surface area contributed by atoms with Crippen LogP contribution in [-0.4, -0.2) is 22.3 Å². The first-order valence-corrected chi connectivity index (χ1v) is 7.70. The van der Waals surface area contributed by atoms with Gasteiger partial charge in [-0.2, -0.15) is 0 Å². The molecule has 2 bridgehead atoms. The van der Waals surface area contributed by atoms with Gasteiger partial charge in [0.15, 0.2) is 5.82 Å². The van der Waals surface area contributed by atoms with Crippen LogP contribution in [0.4, 0.5) is 0 Å². The standard InChI is InChI=1S/C18H16N2O2/c1-2-6-13(7-3-1)18-17-19-15-8-4-5-9-16(15)20(17)12-14(22-18)10-11-21-18/h1-9,14H,10-12H2. The van der Waals surface area contributed by atoms with E-state index in [2.05, 4.69) is 28.8 Å². The Morgan fingerprint density at radius 3 is 2.77 bits per heavy atom. The quantitative estimate of drug-likeness (QED) is 0.691. The molecule has 2 unspecified atom stereocenters. The van der Waals surface area contributed by atoms with Gasteiger partial charge in [-0.15, -0.1) is 0 Å². The van der Waals surface area contributed by atoms with Gasteiger partial charge in [0.05, 0.1) is 30.3 Å². The lowest BCUT2D eigenvalue weighted by Crippen LogP contribution is -2.50. The molecule has 0 aliphatic carbocycles. The fraction of sp³-hybridized carbons (Fsp3) is 0.278. The van der Waals surface area contributed by atoms with Crippen molar-refractivity contribution in [2.24, 2.45) is 0 Å². The lowest BCUT2D eigenvalue weighted by atomic mass is 10.00. The van der Waals surface area contributed by atoms with E-state index < -0.39 is 5.79 Å². The van der Waals surface area contributed by atoms with Crippen LogP contribution in [0, 0.1) is 0 Å². The molecule has 2 aliphatic heterocycles. The van der Waals surface area contributed by atoms with Crippen LogP contribution in [0.5, 0.6) is 0 Å². The number of hydrogen-bond donors (Lipinski definition) is 0. The van der Waals surface area contributed by atoms with Gasteiger partial charge >= 0.3 is 0 Å². The first-order chi connectivity index (χ1) is 10.9. The second kappa shape index (κ2) is 4.41. The number of para-hydroxylation sites is 2. The van der Waals surface area contributed by atoms with E-state index in [0.29, 0.717) is 6.61 Å². The average Bonchev–Trinajstić information content (AvgIpc) is 2.95. The maximum atomic E-state index is 6.35. The Morgan fingerprint density at radius 1 is 1.05 bits per heavy atom. The van der Waals surface area contributed by atoms with E-state index in [-0.39, 0.29) is 6.10 Å². The number of benzene rings is 2. The molecule has 110 valence electrons. The van der Waals surface area contributed by atoms with Crippen LogP contribution in [-0.2, 0) is 21.8 Å². The van der Waals surface area contributed by atoms with Crippen molar-refractivity contribution < 1.29 is 9.47 Å². The van der Waals surface area contributed by atoms with Gasteiger partial charge < -0.3 is 14.0 Å². The van der Waals surface area contributed by atoms with E-state index in [1.54, 1.807) is 0 Å². The van der Waals surface area contributed by atoms with E-state index in [4.69, 9.17) is 14.5 Å². The zero-order chi connectivity index (χ0) is 14.6. The Balaban J connectivity index is 1.82. The zero-order valence-electron chi connectivity index (χ0n) is 12.1. The molecule has 1 aromatic heterocycles. The van der Waals surface area contributed by atoms with Crippen molar-refractivity contribution in [1.82, 2.24) is 9.55 Å². The Hall–Kier alpha value is -2.17. The van der Waals surface area contributed by atoms with Crippen LogP contribution in [0.15, 0.2) is 54.6 Å². The fourth-order valence-electron chi connectivity index (χ4n) is 3.56. The molecule has 4 nitrogen and oxygen atoms in total. The zero-order valence-corrected chi connectivity index (χ0v) is 12.1. The number of fused-ring (bicyclic) bond motifs is 6. The second-order valence-electron chi connectivity index (χ2n) is 5.89. The third-order valence-electron chi connectivity index (χ3n) is 4.57. The second-order valence-corrected chi connectivity index (χ2v) is 5.89. The van der Waals surface area contributed by atoms with Gasteiger partial charge in [-0.3, -0.25) is 0 Å². The van der Waals surface area contributed by atoms with Crippen LogP contribution in [0.3, 0.4) is 0 Å². The maximum Gasteiger partial charge on any atom is 0.256 e. The monoisotopic (exact) mass is 292 g/mol. The lowest BCUT2D eigenvalue weighted by Gasteiger charge is -2.44. The van der Waals surface area contributed by atoms with Crippen LogP contribution < -0.4 is 0 Å². The van der Waals surface area contributed by atoms with Crippen molar-refractivity contribution in [3.8, 4) is 0 Å². The van der Waals surface area contributed by atoms with E-state index in [0.717, 1.165) is 35.4 Å². The summed E-state index contributed by atoms with van der Waals surface area (Å²) in [5.41, 5.74) is 3.15. The predicted molar refractivity (Wildman–Crippen MR) is 82.4 cm³/mol. The van der Waals surface area contributed by atoms with Gasteiger partial charge in [0.2, 0.25) is 0 Å². The molecule has 3 heterocycles. The molecule has 2 aliphatic rings. The van der Waals surface area contributed by atoms with Crippen molar-refractivity contribution >= 4 is 11.0 Å². The summed E-state index contributed by atoms with van der Waals surface area (Å²) in [6.45, 7) is 1.54. The van der Waals surface area contributed by atoms with Crippen LogP contribution in [0.1, 0.15) is 17.8 Å². The van der Waals surface area contributed by atoms with E-state index in [1.807, 2.05) is 30.3 Å². The molecular weight excluding hydrogens is 276 g/mol. The predicted octanol–water partition coefficient (Wildman–Crippen LogP) is 3.06. The fourth-order valence-corrected chi connectivity index (χ4v) is 3.56. The highest BCUT2D eigenvalue weighted by Gasteiger charge is 2.49. The average molecular weight is 292 g/mol. The van der Waals surface area contributed by atoms with Crippen molar-refractivity contribution in [1.29, 1.82) is 0 Å². The van der Waals surface area contributed by atoms with Gasteiger partial charge in [0, 0.05) is 5.56 Å². The van der Waals surface area contributed by atoms with E-state index in [9.17, 15) is 0 Å². The van der Waals surface area contributed by atoms with Gasteiger partial charge in [0.1, 0.15) is 0 Å². The smallest absolute Gasteiger partial charge is 0.256 e. The molecule has 3 aromatic rings. The number of aromatic nitrogens is 2. The molecule has 2 atom stereocenters. The Morgan fingerprint density at radius 2 is 1.86 bits per heavy atom. The molecular formula is C18H16N2O2. The highest BCUT2D eigenvalue weighted by Crippen LogP contribution is 2.43. The van der Waals surface area contributed by atoms with Crippen molar-refractivity contribution in [2.45, 2.75) is 24.9 Å². The SMILES string of the molecule is c1ccc(C23OCCC(Cn4c2nc2ccccc24)O3)cc1. The minimum absolute atomic E-state index is 0.166. The third-order valence-corrected chi connectivity index (χ3v) is 4.57. The number of ether oxygens (including phenoxy) is 2. The van der Waals surface area contributed by atoms with Gasteiger partial charge in [-0.05, 0) is 18.6 Å². The molecule has 0 N–H and O–H groups in total. The summed E-state index contributed by atoms with van der Waals surface area (Å²) in [5, 5.41) is 0. The summed E-state index contributed by atoms with van der Waals surface area (Å²) in [5.74, 6) is -0.0163. The first kappa shape index (κ1) is 12.4. The minimum atomic E-state index is -0.874. The van der Waals surface area contributed by atoms with Crippen molar-refractivity contribution in [3.63, 3.8) is 0 Å². The number of nitrogens with zero attached hydrogens (tertiary/aromatic N) is 2. The summed E-state index contributed by atoms with van der Waals surface area (Å²) in [6, 6.07) is 18.4. The molecule has 0 amide bonds. The van der Waals surface area contributed by atoms with Crippen LogP contribution in [0.25, 0.3) is 11.0 Å². The number of imidazole rings is 1.